The molecule has 1 heterocycles. The van der Waals surface area contributed by atoms with E-state index >= 15 is 0 Å². The van der Waals surface area contributed by atoms with Gasteiger partial charge in [-0.15, -0.1) is 0 Å². The van der Waals surface area contributed by atoms with Crippen LogP contribution in [0.15, 0.2) is 34.8 Å². The molecular weight excluding hydrogens is 344 g/mol. The maximum absolute atomic E-state index is 14.2. The summed E-state index contributed by atoms with van der Waals surface area (Å²) in [5.41, 5.74) is 6.93. The molecule has 0 bridgehead atoms. The standard InChI is InChI=1S/C14H10BrF2N3O/c1-21-7-2-3-11-13(4-7)20(14(18)19-11)12-6-9(16)8(15)5-10(12)17/h2-6H,1H3,(H2,18,19). The van der Waals surface area contributed by atoms with Crippen molar-refractivity contribution in [2.45, 2.75) is 0 Å². The topological polar surface area (TPSA) is 53.1 Å². The first-order valence-electron chi connectivity index (χ1n) is 5.98. The normalized spacial score (nSPS) is 11.0. The predicted octanol–water partition coefficient (Wildman–Crippen LogP) is 3.66. The number of nitrogens with zero attached hydrogens (tertiary/aromatic N) is 2. The summed E-state index contributed by atoms with van der Waals surface area (Å²) in [6.07, 6.45) is 0. The van der Waals surface area contributed by atoms with E-state index in [0.29, 0.717) is 16.8 Å². The van der Waals surface area contributed by atoms with Crippen molar-refractivity contribution in [3.05, 3.63) is 46.4 Å². The van der Waals surface area contributed by atoms with E-state index in [1.54, 1.807) is 18.2 Å². The molecule has 108 valence electrons. The largest absolute Gasteiger partial charge is 0.497 e. The summed E-state index contributed by atoms with van der Waals surface area (Å²) < 4.78 is 34.4. The Labute approximate surface area is 127 Å². The molecule has 3 aromatic rings. The summed E-state index contributed by atoms with van der Waals surface area (Å²) in [5.74, 6) is -0.562. The van der Waals surface area contributed by atoms with Gasteiger partial charge in [-0.2, -0.15) is 0 Å². The highest BCUT2D eigenvalue weighted by Gasteiger charge is 2.16. The number of benzene rings is 2. The molecule has 2 aromatic carbocycles. The quantitative estimate of drug-likeness (QED) is 0.715. The molecule has 0 aliphatic rings. The highest BCUT2D eigenvalue weighted by molar-refractivity contribution is 9.10. The number of anilines is 1. The van der Waals surface area contributed by atoms with Gasteiger partial charge in [-0.3, -0.25) is 4.57 Å². The Balaban J connectivity index is 2.34. The average molecular weight is 354 g/mol. The van der Waals surface area contributed by atoms with Crippen molar-refractivity contribution in [2.24, 2.45) is 0 Å². The van der Waals surface area contributed by atoms with Crippen molar-refractivity contribution < 1.29 is 13.5 Å². The predicted molar refractivity (Wildman–Crippen MR) is 79.7 cm³/mol. The van der Waals surface area contributed by atoms with Gasteiger partial charge in [0.05, 0.1) is 28.3 Å². The fourth-order valence-corrected chi connectivity index (χ4v) is 2.45. The molecule has 0 amide bonds. The number of hydrogen-bond donors (Lipinski definition) is 1. The van der Waals surface area contributed by atoms with Gasteiger partial charge in [-0.25, -0.2) is 13.8 Å². The molecule has 4 nitrogen and oxygen atoms in total. The summed E-state index contributed by atoms with van der Waals surface area (Å²) in [6.45, 7) is 0. The van der Waals surface area contributed by atoms with Gasteiger partial charge in [0.25, 0.3) is 0 Å². The molecule has 2 N–H and O–H groups in total. The third kappa shape index (κ3) is 2.23. The van der Waals surface area contributed by atoms with E-state index in [2.05, 4.69) is 20.9 Å². The van der Waals surface area contributed by atoms with Crippen molar-refractivity contribution in [1.82, 2.24) is 9.55 Å². The summed E-state index contributed by atoms with van der Waals surface area (Å²) in [4.78, 5) is 4.14. The van der Waals surface area contributed by atoms with Crippen LogP contribution in [0.25, 0.3) is 16.7 Å². The molecule has 0 atom stereocenters. The summed E-state index contributed by atoms with van der Waals surface area (Å²) in [7, 11) is 1.52. The van der Waals surface area contributed by atoms with Gasteiger partial charge in [0.15, 0.2) is 0 Å². The second-order valence-corrected chi connectivity index (χ2v) is 5.23. The van der Waals surface area contributed by atoms with Crippen LogP contribution in [0.4, 0.5) is 14.7 Å². The van der Waals surface area contributed by atoms with Gasteiger partial charge in [0.1, 0.15) is 17.4 Å². The highest BCUT2D eigenvalue weighted by atomic mass is 79.9. The molecule has 21 heavy (non-hydrogen) atoms. The Kier molecular flexibility index (Phi) is 3.29. The summed E-state index contributed by atoms with van der Waals surface area (Å²) in [6, 6.07) is 7.20. The maximum Gasteiger partial charge on any atom is 0.206 e. The zero-order chi connectivity index (χ0) is 15.1. The SMILES string of the molecule is COc1ccc2nc(N)n(-c3cc(F)c(Br)cc3F)c2c1. The van der Waals surface area contributed by atoms with Crippen LogP contribution in [0.5, 0.6) is 5.75 Å². The second kappa shape index (κ2) is 5.00. The Morgan fingerprint density at radius 1 is 1.19 bits per heavy atom. The van der Waals surface area contributed by atoms with Gasteiger partial charge in [0.2, 0.25) is 5.95 Å². The van der Waals surface area contributed by atoms with Crippen LogP contribution in [0.3, 0.4) is 0 Å². The zero-order valence-corrected chi connectivity index (χ0v) is 12.5. The lowest BCUT2D eigenvalue weighted by Gasteiger charge is -2.09. The van der Waals surface area contributed by atoms with Crippen molar-refractivity contribution in [1.29, 1.82) is 0 Å². The average Bonchev–Trinajstić information content (AvgIpc) is 2.78. The van der Waals surface area contributed by atoms with Gasteiger partial charge in [0, 0.05) is 12.1 Å². The molecule has 3 rings (SSSR count). The van der Waals surface area contributed by atoms with Crippen LogP contribution in [-0.2, 0) is 0 Å². The van der Waals surface area contributed by atoms with Gasteiger partial charge in [-0.05, 0) is 34.1 Å². The summed E-state index contributed by atoms with van der Waals surface area (Å²) >= 11 is 2.94. The number of hydrogen-bond acceptors (Lipinski definition) is 3. The number of imidazole rings is 1. The van der Waals surface area contributed by atoms with Crippen LogP contribution in [0.2, 0.25) is 0 Å². The third-order valence-electron chi connectivity index (χ3n) is 3.12. The van der Waals surface area contributed by atoms with E-state index in [-0.39, 0.29) is 16.1 Å². The van der Waals surface area contributed by atoms with E-state index in [1.807, 2.05) is 0 Å². The number of rotatable bonds is 2. The molecule has 0 saturated carbocycles. The first-order valence-corrected chi connectivity index (χ1v) is 6.77. The Morgan fingerprint density at radius 3 is 2.67 bits per heavy atom. The van der Waals surface area contributed by atoms with Crippen LogP contribution < -0.4 is 10.5 Å². The van der Waals surface area contributed by atoms with Crippen LogP contribution in [0, 0.1) is 11.6 Å². The number of aromatic nitrogens is 2. The molecular formula is C14H10BrF2N3O. The fraction of sp³-hybridized carbons (Fsp3) is 0.0714. The molecule has 0 unspecified atom stereocenters. The van der Waals surface area contributed by atoms with Crippen molar-refractivity contribution in [3.63, 3.8) is 0 Å². The highest BCUT2D eigenvalue weighted by Crippen LogP contribution is 2.30. The smallest absolute Gasteiger partial charge is 0.206 e. The minimum Gasteiger partial charge on any atom is -0.497 e. The molecule has 0 spiro atoms. The molecule has 0 aliphatic carbocycles. The summed E-state index contributed by atoms with van der Waals surface area (Å²) in [5, 5.41) is 0. The van der Waals surface area contributed by atoms with E-state index in [0.717, 1.165) is 12.1 Å². The minimum atomic E-state index is -0.614. The maximum atomic E-state index is 14.2. The minimum absolute atomic E-state index is 0.0102. The van der Waals surface area contributed by atoms with E-state index < -0.39 is 11.6 Å². The van der Waals surface area contributed by atoms with Crippen LogP contribution >= 0.6 is 15.9 Å². The van der Waals surface area contributed by atoms with E-state index in [1.165, 1.54) is 11.7 Å². The van der Waals surface area contributed by atoms with E-state index in [9.17, 15) is 8.78 Å². The molecule has 7 heteroatoms. The van der Waals surface area contributed by atoms with Crippen molar-refractivity contribution >= 4 is 32.9 Å². The van der Waals surface area contributed by atoms with Crippen molar-refractivity contribution in [2.75, 3.05) is 12.8 Å². The Hall–Kier alpha value is -2.15. The lowest BCUT2D eigenvalue weighted by atomic mass is 10.2. The Morgan fingerprint density at radius 2 is 1.95 bits per heavy atom. The lowest BCUT2D eigenvalue weighted by Crippen LogP contribution is -2.04. The molecule has 1 aromatic heterocycles. The molecule has 0 radical (unpaired) electrons. The van der Waals surface area contributed by atoms with E-state index in [4.69, 9.17) is 10.5 Å². The van der Waals surface area contributed by atoms with Crippen LogP contribution in [-0.4, -0.2) is 16.7 Å². The van der Waals surface area contributed by atoms with Crippen molar-refractivity contribution in [3.8, 4) is 11.4 Å². The third-order valence-corrected chi connectivity index (χ3v) is 3.73. The number of ether oxygens (including phenoxy) is 1. The monoisotopic (exact) mass is 353 g/mol. The van der Waals surface area contributed by atoms with Gasteiger partial charge >= 0.3 is 0 Å². The molecule has 0 saturated heterocycles. The van der Waals surface area contributed by atoms with Gasteiger partial charge < -0.3 is 10.5 Å². The lowest BCUT2D eigenvalue weighted by molar-refractivity contribution is 0.415. The first kappa shape index (κ1) is 13.8. The fourth-order valence-electron chi connectivity index (χ4n) is 2.14. The Bertz CT molecular complexity index is 848. The number of nitrogens with two attached hydrogens (primary N) is 1. The first-order chi connectivity index (χ1) is 10.0. The number of fused-ring (bicyclic) bond motifs is 1. The number of methoxy groups -OCH3 is 1. The number of nitrogen functional groups attached to an aromatic ring is 1. The second-order valence-electron chi connectivity index (χ2n) is 4.38. The molecule has 0 aliphatic heterocycles. The molecule has 0 fully saturated rings. The zero-order valence-electron chi connectivity index (χ0n) is 10.9. The number of halogens is 3. The van der Waals surface area contributed by atoms with Crippen LogP contribution in [0.1, 0.15) is 0 Å². The van der Waals surface area contributed by atoms with Gasteiger partial charge in [-0.1, -0.05) is 0 Å².